The second kappa shape index (κ2) is 4.58. The summed E-state index contributed by atoms with van der Waals surface area (Å²) in [5.41, 5.74) is 3.67. The number of benzene rings is 1. The minimum absolute atomic E-state index is 0.922. The molecule has 1 heterocycles. The van der Waals surface area contributed by atoms with Crippen molar-refractivity contribution in [2.45, 2.75) is 13.3 Å². The number of hydrogen-bond donors (Lipinski definition) is 2. The maximum Gasteiger partial charge on any atom is 0.143 e. The second-order valence-corrected chi connectivity index (χ2v) is 4.06. The van der Waals surface area contributed by atoms with Crippen LogP contribution in [0.1, 0.15) is 11.1 Å². The molecule has 1 aromatic heterocycles. The number of nitrogens with one attached hydrogen (secondary N) is 2. The van der Waals surface area contributed by atoms with Gasteiger partial charge in [-0.25, -0.2) is 0 Å². The van der Waals surface area contributed by atoms with E-state index in [0.717, 1.165) is 24.2 Å². The molecule has 0 saturated heterocycles. The molecule has 86 valence electrons. The van der Waals surface area contributed by atoms with E-state index in [4.69, 9.17) is 4.74 Å². The molecule has 0 aliphatic heterocycles. The Bertz CT molecular complexity index is 488. The summed E-state index contributed by atoms with van der Waals surface area (Å²) in [6.07, 6.45) is 3.10. The van der Waals surface area contributed by atoms with Gasteiger partial charge in [0.25, 0.3) is 0 Å². The van der Waals surface area contributed by atoms with E-state index in [1.165, 1.54) is 16.5 Å². The van der Waals surface area contributed by atoms with Gasteiger partial charge in [0.2, 0.25) is 0 Å². The molecular formula is C13H18N2O. The predicted molar refractivity (Wildman–Crippen MR) is 67.2 cm³/mol. The van der Waals surface area contributed by atoms with Crippen molar-refractivity contribution in [2.24, 2.45) is 0 Å². The van der Waals surface area contributed by atoms with Crippen molar-refractivity contribution in [3.63, 3.8) is 0 Å². The van der Waals surface area contributed by atoms with Crippen LogP contribution >= 0.6 is 0 Å². The lowest BCUT2D eigenvalue weighted by Crippen LogP contribution is -2.09. The van der Waals surface area contributed by atoms with E-state index in [1.807, 2.05) is 7.05 Å². The first-order valence-corrected chi connectivity index (χ1v) is 5.55. The summed E-state index contributed by atoms with van der Waals surface area (Å²) >= 11 is 0. The van der Waals surface area contributed by atoms with E-state index in [2.05, 4.69) is 35.6 Å². The molecule has 0 aliphatic carbocycles. The number of aryl methyl sites for hydroxylation is 1. The summed E-state index contributed by atoms with van der Waals surface area (Å²) in [5.74, 6) is 0.922. The van der Waals surface area contributed by atoms with Crippen LogP contribution in [0.4, 0.5) is 0 Å². The van der Waals surface area contributed by atoms with E-state index < -0.39 is 0 Å². The number of aromatic nitrogens is 1. The van der Waals surface area contributed by atoms with Gasteiger partial charge in [-0.2, -0.15) is 0 Å². The minimum atomic E-state index is 0.922. The Hall–Kier alpha value is -1.48. The van der Waals surface area contributed by atoms with Gasteiger partial charge in [0.05, 0.1) is 12.6 Å². The Balaban J connectivity index is 2.49. The molecular weight excluding hydrogens is 200 g/mol. The quantitative estimate of drug-likeness (QED) is 0.826. The molecule has 2 N–H and O–H groups in total. The lowest BCUT2D eigenvalue weighted by Gasteiger charge is -2.04. The standard InChI is InChI=1S/C13H18N2O/c1-9-6-11-10(4-5-14-2)8-15-13(11)12(7-9)16-3/h6-8,14-15H,4-5H2,1-3H3. The number of likely N-dealkylation sites (N-methyl/N-ethyl adjacent to an activating group) is 1. The zero-order valence-corrected chi connectivity index (χ0v) is 10.1. The molecule has 0 saturated carbocycles. The van der Waals surface area contributed by atoms with E-state index in [-0.39, 0.29) is 0 Å². The van der Waals surface area contributed by atoms with Crippen LogP contribution in [0.2, 0.25) is 0 Å². The Morgan fingerprint density at radius 1 is 1.38 bits per heavy atom. The average Bonchev–Trinajstić information content (AvgIpc) is 2.68. The first-order chi connectivity index (χ1) is 7.76. The van der Waals surface area contributed by atoms with Crippen LogP contribution in [-0.2, 0) is 6.42 Å². The summed E-state index contributed by atoms with van der Waals surface area (Å²) in [5, 5.41) is 4.44. The summed E-state index contributed by atoms with van der Waals surface area (Å²) in [4.78, 5) is 3.29. The Kier molecular flexibility index (Phi) is 3.15. The maximum absolute atomic E-state index is 5.38. The molecule has 0 amide bonds. The van der Waals surface area contributed by atoms with Gasteiger partial charge in [-0.3, -0.25) is 0 Å². The Morgan fingerprint density at radius 2 is 2.19 bits per heavy atom. The molecule has 3 nitrogen and oxygen atoms in total. The zero-order valence-electron chi connectivity index (χ0n) is 10.1. The summed E-state index contributed by atoms with van der Waals surface area (Å²) in [6.45, 7) is 3.08. The van der Waals surface area contributed by atoms with Crippen molar-refractivity contribution < 1.29 is 4.74 Å². The average molecular weight is 218 g/mol. The first kappa shape index (κ1) is 11.0. The van der Waals surface area contributed by atoms with Gasteiger partial charge in [0.15, 0.2) is 0 Å². The van der Waals surface area contributed by atoms with E-state index in [1.54, 1.807) is 7.11 Å². The highest BCUT2D eigenvalue weighted by atomic mass is 16.5. The highest BCUT2D eigenvalue weighted by Crippen LogP contribution is 2.29. The molecule has 2 rings (SSSR count). The first-order valence-electron chi connectivity index (χ1n) is 5.55. The van der Waals surface area contributed by atoms with Crippen molar-refractivity contribution in [2.75, 3.05) is 20.7 Å². The lowest BCUT2D eigenvalue weighted by molar-refractivity contribution is 0.418. The number of rotatable bonds is 4. The zero-order chi connectivity index (χ0) is 11.5. The number of H-pyrrole nitrogens is 1. The molecule has 0 aliphatic rings. The SMILES string of the molecule is CNCCc1c[nH]c2c(OC)cc(C)cc12. The molecule has 16 heavy (non-hydrogen) atoms. The van der Waals surface area contributed by atoms with Gasteiger partial charge in [-0.05, 0) is 50.2 Å². The number of aromatic amines is 1. The molecule has 2 aromatic rings. The van der Waals surface area contributed by atoms with Crippen LogP contribution in [0.25, 0.3) is 10.9 Å². The fourth-order valence-corrected chi connectivity index (χ4v) is 2.02. The van der Waals surface area contributed by atoms with Crippen molar-refractivity contribution in [3.8, 4) is 5.75 Å². The Morgan fingerprint density at radius 3 is 2.88 bits per heavy atom. The normalized spacial score (nSPS) is 10.9. The molecule has 0 atom stereocenters. The van der Waals surface area contributed by atoms with Crippen LogP contribution in [0.15, 0.2) is 18.3 Å². The fourth-order valence-electron chi connectivity index (χ4n) is 2.02. The number of ether oxygens (including phenoxy) is 1. The molecule has 0 fully saturated rings. The third-order valence-corrected chi connectivity index (χ3v) is 2.85. The molecule has 0 unspecified atom stereocenters. The monoisotopic (exact) mass is 218 g/mol. The van der Waals surface area contributed by atoms with Crippen LogP contribution in [0.5, 0.6) is 5.75 Å². The molecule has 0 spiro atoms. The molecule has 0 bridgehead atoms. The van der Waals surface area contributed by atoms with Gasteiger partial charge in [0.1, 0.15) is 5.75 Å². The number of hydrogen-bond acceptors (Lipinski definition) is 2. The van der Waals surface area contributed by atoms with E-state index in [0.29, 0.717) is 0 Å². The van der Waals surface area contributed by atoms with Crippen LogP contribution < -0.4 is 10.1 Å². The van der Waals surface area contributed by atoms with Crippen molar-refractivity contribution >= 4 is 10.9 Å². The fraction of sp³-hybridized carbons (Fsp3) is 0.385. The predicted octanol–water partition coefficient (Wildman–Crippen LogP) is 2.25. The van der Waals surface area contributed by atoms with Gasteiger partial charge < -0.3 is 15.0 Å². The van der Waals surface area contributed by atoms with Crippen LogP contribution in [0, 0.1) is 6.92 Å². The van der Waals surface area contributed by atoms with Gasteiger partial charge in [0, 0.05) is 11.6 Å². The van der Waals surface area contributed by atoms with Gasteiger partial charge >= 0.3 is 0 Å². The van der Waals surface area contributed by atoms with Gasteiger partial charge in [-0.1, -0.05) is 0 Å². The van der Waals surface area contributed by atoms with Crippen molar-refractivity contribution in [1.82, 2.24) is 10.3 Å². The second-order valence-electron chi connectivity index (χ2n) is 4.06. The van der Waals surface area contributed by atoms with Crippen LogP contribution in [-0.4, -0.2) is 25.7 Å². The number of fused-ring (bicyclic) bond motifs is 1. The molecule has 1 aromatic carbocycles. The summed E-state index contributed by atoms with van der Waals surface area (Å²) < 4.78 is 5.38. The van der Waals surface area contributed by atoms with E-state index >= 15 is 0 Å². The smallest absolute Gasteiger partial charge is 0.143 e. The number of methoxy groups -OCH3 is 1. The highest BCUT2D eigenvalue weighted by molar-refractivity contribution is 5.89. The maximum atomic E-state index is 5.38. The summed E-state index contributed by atoms with van der Waals surface area (Å²) in [6, 6.07) is 4.26. The highest BCUT2D eigenvalue weighted by Gasteiger charge is 2.08. The van der Waals surface area contributed by atoms with Gasteiger partial charge in [-0.15, -0.1) is 0 Å². The molecule has 0 radical (unpaired) electrons. The third-order valence-electron chi connectivity index (χ3n) is 2.85. The molecule has 3 heteroatoms. The van der Waals surface area contributed by atoms with Crippen molar-refractivity contribution in [3.05, 3.63) is 29.5 Å². The largest absolute Gasteiger partial charge is 0.495 e. The Labute approximate surface area is 95.8 Å². The summed E-state index contributed by atoms with van der Waals surface area (Å²) in [7, 11) is 3.68. The topological polar surface area (TPSA) is 37.0 Å². The lowest BCUT2D eigenvalue weighted by atomic mass is 10.1. The third kappa shape index (κ3) is 1.91. The van der Waals surface area contributed by atoms with E-state index in [9.17, 15) is 0 Å². The minimum Gasteiger partial charge on any atom is -0.495 e. The van der Waals surface area contributed by atoms with Crippen LogP contribution in [0.3, 0.4) is 0 Å². The van der Waals surface area contributed by atoms with Crippen molar-refractivity contribution in [1.29, 1.82) is 0 Å².